The molecule has 0 aliphatic carbocycles. The highest BCUT2D eigenvalue weighted by Gasteiger charge is 2.06. The third-order valence-corrected chi connectivity index (χ3v) is 2.18. The number of carbonyl (C=O) groups is 2. The number of nitro benzene ring substituents is 1. The lowest BCUT2D eigenvalue weighted by Gasteiger charge is -2.07. The van der Waals surface area contributed by atoms with Crippen LogP contribution in [0, 0.1) is 10.1 Å². The summed E-state index contributed by atoms with van der Waals surface area (Å²) in [6.07, 6.45) is 0. The molecular weight excluding hydrogens is 284 g/mol. The molecular formula is C12H14N2O7. The molecule has 9 heteroatoms. The van der Waals surface area contributed by atoms with Crippen LogP contribution in [-0.4, -0.2) is 48.3 Å². The van der Waals surface area contributed by atoms with Crippen molar-refractivity contribution in [1.82, 2.24) is 5.32 Å². The number of rotatable bonds is 9. The van der Waals surface area contributed by atoms with Crippen molar-refractivity contribution < 1.29 is 29.1 Å². The molecule has 0 spiro atoms. The number of benzene rings is 1. The van der Waals surface area contributed by atoms with Crippen molar-refractivity contribution in [2.24, 2.45) is 0 Å². The molecule has 1 aromatic rings. The van der Waals surface area contributed by atoms with E-state index < -0.39 is 23.4 Å². The first-order chi connectivity index (χ1) is 9.99. The number of nitrogens with zero attached hydrogens (tertiary/aromatic N) is 1. The standard InChI is InChI=1S/C12H14N2O7/c15-11(7-20-8-12(16)17)13-4-5-21-10-3-1-2-9(6-10)14(18)19/h1-3,6H,4-5,7-8H2,(H,13,15)(H,16,17). The first-order valence-electron chi connectivity index (χ1n) is 5.92. The Morgan fingerprint density at radius 2 is 2.10 bits per heavy atom. The third-order valence-electron chi connectivity index (χ3n) is 2.18. The second kappa shape index (κ2) is 8.48. The van der Waals surface area contributed by atoms with Gasteiger partial charge in [-0.2, -0.15) is 0 Å². The van der Waals surface area contributed by atoms with Gasteiger partial charge in [-0.05, 0) is 6.07 Å². The molecule has 0 aliphatic rings. The number of ether oxygens (including phenoxy) is 2. The van der Waals surface area contributed by atoms with Crippen LogP contribution < -0.4 is 10.1 Å². The summed E-state index contributed by atoms with van der Waals surface area (Å²) in [5, 5.41) is 21.3. The summed E-state index contributed by atoms with van der Waals surface area (Å²) in [6.45, 7) is -0.621. The molecule has 2 N–H and O–H groups in total. The molecule has 1 aromatic carbocycles. The summed E-state index contributed by atoms with van der Waals surface area (Å²) in [6, 6.07) is 5.67. The van der Waals surface area contributed by atoms with E-state index in [4.69, 9.17) is 9.84 Å². The van der Waals surface area contributed by atoms with Gasteiger partial charge in [0.05, 0.1) is 17.5 Å². The van der Waals surface area contributed by atoms with E-state index in [1.807, 2.05) is 0 Å². The van der Waals surface area contributed by atoms with Gasteiger partial charge in [-0.3, -0.25) is 14.9 Å². The lowest BCUT2D eigenvalue weighted by Crippen LogP contribution is -2.31. The predicted molar refractivity (Wildman–Crippen MR) is 70.1 cm³/mol. The number of aliphatic carboxylic acids is 1. The van der Waals surface area contributed by atoms with Gasteiger partial charge in [0.25, 0.3) is 5.69 Å². The molecule has 0 saturated carbocycles. The summed E-state index contributed by atoms with van der Waals surface area (Å²) in [7, 11) is 0. The average Bonchev–Trinajstić information content (AvgIpc) is 2.43. The van der Waals surface area contributed by atoms with Crippen LogP contribution in [0.3, 0.4) is 0 Å². The van der Waals surface area contributed by atoms with Crippen LogP contribution in [0.5, 0.6) is 5.75 Å². The molecule has 0 radical (unpaired) electrons. The fraction of sp³-hybridized carbons (Fsp3) is 0.333. The Bertz CT molecular complexity index is 518. The van der Waals surface area contributed by atoms with E-state index in [9.17, 15) is 19.7 Å². The molecule has 0 aromatic heterocycles. The molecule has 0 unspecified atom stereocenters. The van der Waals surface area contributed by atoms with Crippen molar-refractivity contribution in [2.75, 3.05) is 26.4 Å². The second-order valence-electron chi connectivity index (χ2n) is 3.84. The lowest BCUT2D eigenvalue weighted by atomic mass is 10.3. The maximum atomic E-state index is 11.2. The normalized spacial score (nSPS) is 9.90. The fourth-order valence-electron chi connectivity index (χ4n) is 1.33. The topological polar surface area (TPSA) is 128 Å². The van der Waals surface area contributed by atoms with Crippen molar-refractivity contribution in [3.8, 4) is 5.75 Å². The number of amides is 1. The van der Waals surface area contributed by atoms with Crippen LogP contribution in [0.25, 0.3) is 0 Å². The Hall–Kier alpha value is -2.68. The van der Waals surface area contributed by atoms with Gasteiger partial charge in [-0.15, -0.1) is 0 Å². The lowest BCUT2D eigenvalue weighted by molar-refractivity contribution is -0.384. The second-order valence-corrected chi connectivity index (χ2v) is 3.84. The maximum Gasteiger partial charge on any atom is 0.329 e. The number of carboxylic acids is 1. The number of nitro groups is 1. The molecule has 9 nitrogen and oxygen atoms in total. The Morgan fingerprint density at radius 3 is 2.76 bits per heavy atom. The molecule has 0 fully saturated rings. The Labute approximate surface area is 119 Å². The molecule has 1 amide bonds. The van der Waals surface area contributed by atoms with Crippen molar-refractivity contribution in [3.63, 3.8) is 0 Å². The summed E-state index contributed by atoms with van der Waals surface area (Å²) in [5.41, 5.74) is -0.0846. The summed E-state index contributed by atoms with van der Waals surface area (Å²) < 4.78 is 9.82. The van der Waals surface area contributed by atoms with E-state index in [0.717, 1.165) is 0 Å². The number of non-ortho nitro benzene ring substituents is 1. The molecule has 0 heterocycles. The van der Waals surface area contributed by atoms with Gasteiger partial charge in [-0.1, -0.05) is 6.07 Å². The summed E-state index contributed by atoms with van der Waals surface area (Å²) >= 11 is 0. The van der Waals surface area contributed by atoms with Crippen LogP contribution in [0.2, 0.25) is 0 Å². The van der Waals surface area contributed by atoms with Crippen molar-refractivity contribution in [3.05, 3.63) is 34.4 Å². The van der Waals surface area contributed by atoms with E-state index in [2.05, 4.69) is 10.1 Å². The minimum atomic E-state index is -1.16. The first kappa shape index (κ1) is 16.4. The van der Waals surface area contributed by atoms with E-state index >= 15 is 0 Å². The molecule has 0 atom stereocenters. The molecule has 0 bridgehead atoms. The van der Waals surface area contributed by atoms with Gasteiger partial charge in [-0.25, -0.2) is 4.79 Å². The van der Waals surface area contributed by atoms with Gasteiger partial charge in [0.2, 0.25) is 5.91 Å². The quantitative estimate of drug-likeness (QED) is 0.378. The Morgan fingerprint density at radius 1 is 1.33 bits per heavy atom. The smallest absolute Gasteiger partial charge is 0.329 e. The van der Waals surface area contributed by atoms with Crippen molar-refractivity contribution in [1.29, 1.82) is 0 Å². The SMILES string of the molecule is O=C(O)COCC(=O)NCCOc1cccc([N+](=O)[O-])c1. The average molecular weight is 298 g/mol. The van der Waals surface area contributed by atoms with Crippen molar-refractivity contribution >= 4 is 17.6 Å². The number of hydrogen-bond donors (Lipinski definition) is 2. The zero-order valence-corrected chi connectivity index (χ0v) is 11.0. The largest absolute Gasteiger partial charge is 0.491 e. The highest BCUT2D eigenvalue weighted by molar-refractivity contribution is 5.77. The van der Waals surface area contributed by atoms with Gasteiger partial charge < -0.3 is 19.9 Å². The number of carbonyl (C=O) groups excluding carboxylic acids is 1. The third kappa shape index (κ3) is 6.87. The Kier molecular flexibility index (Phi) is 6.61. The molecule has 1 rings (SSSR count). The van der Waals surface area contributed by atoms with Crippen LogP contribution in [0.1, 0.15) is 0 Å². The maximum absolute atomic E-state index is 11.2. The van der Waals surface area contributed by atoms with Crippen LogP contribution in [0.15, 0.2) is 24.3 Å². The number of nitrogens with one attached hydrogen (secondary N) is 1. The summed E-state index contributed by atoms with van der Waals surface area (Å²) in [5.74, 6) is -1.31. The van der Waals surface area contributed by atoms with Crippen LogP contribution in [0.4, 0.5) is 5.69 Å². The molecule has 114 valence electrons. The van der Waals surface area contributed by atoms with Crippen LogP contribution in [-0.2, 0) is 14.3 Å². The number of hydrogen-bond acceptors (Lipinski definition) is 6. The zero-order chi connectivity index (χ0) is 15.7. The Balaban J connectivity index is 2.22. The molecule has 21 heavy (non-hydrogen) atoms. The highest BCUT2D eigenvalue weighted by Crippen LogP contribution is 2.18. The van der Waals surface area contributed by atoms with Gasteiger partial charge in [0.1, 0.15) is 25.6 Å². The molecule has 0 saturated heterocycles. The monoisotopic (exact) mass is 298 g/mol. The van der Waals surface area contributed by atoms with E-state index in [0.29, 0.717) is 5.75 Å². The van der Waals surface area contributed by atoms with E-state index in [-0.39, 0.29) is 25.4 Å². The number of carboxylic acid groups (broad SMARTS) is 1. The zero-order valence-electron chi connectivity index (χ0n) is 11.0. The first-order valence-corrected chi connectivity index (χ1v) is 5.92. The van der Waals surface area contributed by atoms with Gasteiger partial charge in [0, 0.05) is 6.07 Å². The van der Waals surface area contributed by atoms with E-state index in [1.165, 1.54) is 18.2 Å². The van der Waals surface area contributed by atoms with Gasteiger partial charge >= 0.3 is 5.97 Å². The van der Waals surface area contributed by atoms with Gasteiger partial charge in [0.15, 0.2) is 0 Å². The fourth-order valence-corrected chi connectivity index (χ4v) is 1.33. The summed E-state index contributed by atoms with van der Waals surface area (Å²) in [4.78, 5) is 31.4. The van der Waals surface area contributed by atoms with Crippen LogP contribution >= 0.6 is 0 Å². The molecule has 0 aliphatic heterocycles. The minimum absolute atomic E-state index is 0.0846. The minimum Gasteiger partial charge on any atom is -0.491 e. The predicted octanol–water partition coefficient (Wildman–Crippen LogP) is 0.191. The van der Waals surface area contributed by atoms with E-state index in [1.54, 1.807) is 6.07 Å². The highest BCUT2D eigenvalue weighted by atomic mass is 16.6. The van der Waals surface area contributed by atoms with Crippen molar-refractivity contribution in [2.45, 2.75) is 0 Å².